The minimum Gasteiger partial charge on any atom is -0.478 e. The van der Waals surface area contributed by atoms with Gasteiger partial charge in [-0.2, -0.15) is 0 Å². The van der Waals surface area contributed by atoms with Crippen molar-refractivity contribution in [3.63, 3.8) is 0 Å². The summed E-state index contributed by atoms with van der Waals surface area (Å²) in [5.74, 6) is -0.883. The van der Waals surface area contributed by atoms with E-state index in [1.54, 1.807) is 0 Å². The molecule has 3 aromatic carbocycles. The molecule has 0 aliphatic rings. The van der Waals surface area contributed by atoms with Gasteiger partial charge in [-0.3, -0.25) is 0 Å². The van der Waals surface area contributed by atoms with Crippen LogP contribution in [-0.2, 0) is 22.9 Å². The topological polar surface area (TPSA) is 37.3 Å². The van der Waals surface area contributed by atoms with E-state index in [0.29, 0.717) is 11.6 Å². The molecule has 0 saturated heterocycles. The first-order chi connectivity index (χ1) is 13.6. The van der Waals surface area contributed by atoms with E-state index in [0.717, 1.165) is 18.1 Å². The average molecular weight is 387 g/mol. The summed E-state index contributed by atoms with van der Waals surface area (Å²) in [5, 5.41) is 9.57. The standard InChI is InChI=1S/C25H26O2Si/c1-21(25(26)27)17-28(18-22-11-5-2-6-12-22,19-23-13-7-3-8-14-23)20-24-15-9-4-10-16-24/h2-16H,1,17-20H2,(H,26,27). The smallest absolute Gasteiger partial charge is 0.330 e. The van der Waals surface area contributed by atoms with Crippen LogP contribution in [0.3, 0.4) is 0 Å². The highest BCUT2D eigenvalue weighted by Crippen LogP contribution is 2.29. The van der Waals surface area contributed by atoms with Crippen LogP contribution < -0.4 is 0 Å². The van der Waals surface area contributed by atoms with Crippen molar-refractivity contribution in [3.05, 3.63) is 120 Å². The van der Waals surface area contributed by atoms with Gasteiger partial charge in [0.1, 0.15) is 0 Å². The largest absolute Gasteiger partial charge is 0.478 e. The number of hydrogen-bond donors (Lipinski definition) is 1. The van der Waals surface area contributed by atoms with Gasteiger partial charge in [-0.1, -0.05) is 114 Å². The first kappa shape index (κ1) is 19.8. The highest BCUT2D eigenvalue weighted by atomic mass is 28.3. The van der Waals surface area contributed by atoms with Crippen LogP contribution in [0.15, 0.2) is 103 Å². The molecule has 2 nitrogen and oxygen atoms in total. The van der Waals surface area contributed by atoms with E-state index in [9.17, 15) is 9.90 Å². The molecule has 0 fully saturated rings. The van der Waals surface area contributed by atoms with Gasteiger partial charge >= 0.3 is 5.97 Å². The maximum atomic E-state index is 11.7. The summed E-state index contributed by atoms with van der Waals surface area (Å²) < 4.78 is 0. The van der Waals surface area contributed by atoms with Crippen molar-refractivity contribution in [2.45, 2.75) is 24.2 Å². The SMILES string of the molecule is C=C(C[Si](Cc1ccccc1)(Cc1ccccc1)Cc1ccccc1)C(=O)O. The van der Waals surface area contributed by atoms with Crippen LogP contribution in [0.25, 0.3) is 0 Å². The minimum absolute atomic E-state index is 0.328. The number of rotatable bonds is 9. The van der Waals surface area contributed by atoms with Crippen LogP contribution in [0.4, 0.5) is 0 Å². The lowest BCUT2D eigenvalue weighted by atomic mass is 10.2. The second-order valence-electron chi connectivity index (χ2n) is 7.57. The Morgan fingerprint density at radius 3 is 1.29 bits per heavy atom. The highest BCUT2D eigenvalue weighted by molar-refractivity contribution is 6.79. The second-order valence-corrected chi connectivity index (χ2v) is 12.0. The van der Waals surface area contributed by atoms with Gasteiger partial charge in [0, 0.05) is 5.57 Å². The normalized spacial score (nSPS) is 11.1. The van der Waals surface area contributed by atoms with Gasteiger partial charge in [0.15, 0.2) is 0 Å². The first-order valence-corrected chi connectivity index (χ1v) is 12.4. The van der Waals surface area contributed by atoms with Crippen molar-refractivity contribution in [3.8, 4) is 0 Å². The van der Waals surface area contributed by atoms with E-state index in [4.69, 9.17) is 0 Å². The zero-order valence-electron chi connectivity index (χ0n) is 16.1. The predicted octanol–water partition coefficient (Wildman–Crippen LogP) is 5.42. The van der Waals surface area contributed by atoms with Crippen molar-refractivity contribution in [1.29, 1.82) is 0 Å². The van der Waals surface area contributed by atoms with Crippen molar-refractivity contribution < 1.29 is 9.90 Å². The fourth-order valence-electron chi connectivity index (χ4n) is 3.99. The maximum absolute atomic E-state index is 11.7. The molecule has 0 radical (unpaired) electrons. The third-order valence-corrected chi connectivity index (χ3v) is 9.81. The van der Waals surface area contributed by atoms with Crippen LogP contribution in [0.1, 0.15) is 16.7 Å². The molecule has 0 spiro atoms. The summed E-state index contributed by atoms with van der Waals surface area (Å²) in [6, 6.07) is 34.8. The average Bonchev–Trinajstić information content (AvgIpc) is 2.70. The van der Waals surface area contributed by atoms with Gasteiger partial charge < -0.3 is 5.11 Å². The zero-order chi connectivity index (χ0) is 19.8. The Kier molecular flexibility index (Phi) is 6.61. The van der Waals surface area contributed by atoms with Gasteiger partial charge in [0.05, 0.1) is 8.07 Å². The number of carboxylic acids is 1. The fourth-order valence-corrected chi connectivity index (χ4v) is 9.10. The molecule has 0 aromatic heterocycles. The second kappa shape index (κ2) is 9.33. The first-order valence-electron chi connectivity index (χ1n) is 9.59. The number of aliphatic carboxylic acids is 1. The summed E-state index contributed by atoms with van der Waals surface area (Å²) in [5.41, 5.74) is 4.16. The van der Waals surface area contributed by atoms with Gasteiger partial charge in [-0.25, -0.2) is 4.79 Å². The Morgan fingerprint density at radius 2 is 1.00 bits per heavy atom. The molecule has 1 N–H and O–H groups in total. The maximum Gasteiger partial charge on any atom is 0.330 e. The Hall–Kier alpha value is -2.91. The van der Waals surface area contributed by atoms with Crippen LogP contribution in [0, 0.1) is 0 Å². The number of carboxylic acid groups (broad SMARTS) is 1. The predicted molar refractivity (Wildman–Crippen MR) is 118 cm³/mol. The Bertz CT molecular complexity index is 804. The van der Waals surface area contributed by atoms with Gasteiger partial charge in [0.25, 0.3) is 0 Å². The summed E-state index contributed by atoms with van der Waals surface area (Å²) >= 11 is 0. The molecule has 0 heterocycles. The van der Waals surface area contributed by atoms with Gasteiger partial charge in [-0.15, -0.1) is 0 Å². The van der Waals surface area contributed by atoms with Gasteiger partial charge in [-0.05, 0) is 24.2 Å². The number of hydrogen-bond acceptors (Lipinski definition) is 1. The Balaban J connectivity index is 2.02. The molecule has 3 heteroatoms. The molecule has 28 heavy (non-hydrogen) atoms. The van der Waals surface area contributed by atoms with Crippen molar-refractivity contribution >= 4 is 14.0 Å². The highest BCUT2D eigenvalue weighted by Gasteiger charge is 2.35. The molecule has 0 atom stereocenters. The Labute approximate surface area is 168 Å². The molecular formula is C25H26O2Si. The molecule has 3 rings (SSSR count). The minimum atomic E-state index is -2.12. The lowest BCUT2D eigenvalue weighted by Gasteiger charge is -2.33. The molecule has 0 unspecified atom stereocenters. The quantitative estimate of drug-likeness (QED) is 0.394. The monoisotopic (exact) mass is 386 g/mol. The molecule has 0 aliphatic carbocycles. The summed E-state index contributed by atoms with van der Waals surface area (Å²) in [7, 11) is -2.12. The number of carbonyl (C=O) groups is 1. The van der Waals surface area contributed by atoms with Crippen molar-refractivity contribution in [2.24, 2.45) is 0 Å². The third kappa shape index (κ3) is 5.54. The molecule has 0 aliphatic heterocycles. The molecule has 0 saturated carbocycles. The van der Waals surface area contributed by atoms with E-state index in [1.165, 1.54) is 16.7 Å². The van der Waals surface area contributed by atoms with E-state index < -0.39 is 14.0 Å². The fraction of sp³-hybridized carbons (Fsp3) is 0.160. The van der Waals surface area contributed by atoms with E-state index in [1.807, 2.05) is 18.2 Å². The van der Waals surface area contributed by atoms with Crippen LogP contribution in [0.5, 0.6) is 0 Å². The lowest BCUT2D eigenvalue weighted by Crippen LogP contribution is -2.44. The number of benzene rings is 3. The summed E-state index contributed by atoms with van der Waals surface area (Å²) in [6.45, 7) is 3.90. The van der Waals surface area contributed by atoms with E-state index >= 15 is 0 Å². The Morgan fingerprint density at radius 1 is 0.679 bits per heavy atom. The molecule has 0 bridgehead atoms. The van der Waals surface area contributed by atoms with Crippen LogP contribution in [0.2, 0.25) is 6.04 Å². The molecular weight excluding hydrogens is 360 g/mol. The molecule has 142 valence electrons. The molecule has 3 aromatic rings. The van der Waals surface area contributed by atoms with E-state index in [2.05, 4.69) is 79.4 Å². The molecule has 0 amide bonds. The zero-order valence-corrected chi connectivity index (χ0v) is 17.1. The van der Waals surface area contributed by atoms with Gasteiger partial charge in [0.2, 0.25) is 0 Å². The summed E-state index contributed by atoms with van der Waals surface area (Å²) in [6.07, 6.45) is 0. The van der Waals surface area contributed by atoms with Crippen LogP contribution in [-0.4, -0.2) is 19.1 Å². The van der Waals surface area contributed by atoms with E-state index in [-0.39, 0.29) is 0 Å². The summed E-state index contributed by atoms with van der Waals surface area (Å²) in [4.78, 5) is 11.7. The van der Waals surface area contributed by atoms with Crippen molar-refractivity contribution in [1.82, 2.24) is 0 Å². The lowest BCUT2D eigenvalue weighted by molar-refractivity contribution is -0.132. The van der Waals surface area contributed by atoms with Crippen LogP contribution >= 0.6 is 0 Å². The van der Waals surface area contributed by atoms with Crippen molar-refractivity contribution in [2.75, 3.05) is 0 Å². The third-order valence-electron chi connectivity index (χ3n) is 5.16.